The molecule has 0 atom stereocenters. The van der Waals surface area contributed by atoms with Crippen LogP contribution in [0.3, 0.4) is 0 Å². The molecule has 2 aromatic carbocycles. The number of hydrogen-bond donors (Lipinski definition) is 2. The summed E-state index contributed by atoms with van der Waals surface area (Å²) in [5, 5.41) is 12.1. The van der Waals surface area contributed by atoms with E-state index in [1.807, 2.05) is 13.8 Å². The lowest BCUT2D eigenvalue weighted by Gasteiger charge is -2.19. The van der Waals surface area contributed by atoms with E-state index in [0.717, 1.165) is 6.07 Å². The minimum absolute atomic E-state index is 0.0169. The molecule has 128 valence electrons. The Morgan fingerprint density at radius 2 is 1.75 bits per heavy atom. The van der Waals surface area contributed by atoms with Crippen LogP contribution < -0.4 is 5.32 Å². The summed E-state index contributed by atoms with van der Waals surface area (Å²) in [5.41, 5.74) is 0.208. The van der Waals surface area contributed by atoms with Crippen molar-refractivity contribution in [3.8, 4) is 16.9 Å². The van der Waals surface area contributed by atoms with Gasteiger partial charge in [0.05, 0.1) is 5.56 Å². The second kappa shape index (κ2) is 6.55. The van der Waals surface area contributed by atoms with E-state index in [2.05, 4.69) is 5.32 Å². The summed E-state index contributed by atoms with van der Waals surface area (Å²) in [4.78, 5) is 11.1. The molecule has 2 rings (SSSR count). The molecule has 0 unspecified atom stereocenters. The second-order valence-corrected chi connectivity index (χ2v) is 5.87. The highest BCUT2D eigenvalue weighted by Crippen LogP contribution is 2.41. The molecule has 3 nitrogen and oxygen atoms in total. The van der Waals surface area contributed by atoms with Crippen molar-refractivity contribution >= 4 is 11.6 Å². The van der Waals surface area contributed by atoms with Gasteiger partial charge in [0, 0.05) is 12.6 Å². The highest BCUT2D eigenvalue weighted by atomic mass is 19.4. The van der Waals surface area contributed by atoms with E-state index in [9.17, 15) is 23.1 Å². The average molecular weight is 337 g/mol. The number of alkyl halides is 3. The van der Waals surface area contributed by atoms with Crippen LogP contribution in [0.2, 0.25) is 0 Å². The van der Waals surface area contributed by atoms with Crippen molar-refractivity contribution in [2.45, 2.75) is 32.9 Å². The molecule has 0 aromatic heterocycles. The lowest BCUT2D eigenvalue weighted by atomic mass is 9.89. The molecule has 0 aliphatic rings. The molecule has 24 heavy (non-hydrogen) atoms. The summed E-state index contributed by atoms with van der Waals surface area (Å²) in [6, 6.07) is 8.05. The number of nitrogens with one attached hydrogen (secondary N) is 1. The number of anilines is 1. The molecule has 0 aliphatic carbocycles. The Kier molecular flexibility index (Phi) is 4.87. The molecular formula is C18H18F3NO2. The van der Waals surface area contributed by atoms with Crippen molar-refractivity contribution in [3.63, 3.8) is 0 Å². The zero-order valence-corrected chi connectivity index (χ0v) is 13.5. The van der Waals surface area contributed by atoms with Gasteiger partial charge in [-0.25, -0.2) is 0 Å². The van der Waals surface area contributed by atoms with Crippen molar-refractivity contribution in [2.24, 2.45) is 0 Å². The Bertz CT molecular complexity index is 767. The Morgan fingerprint density at radius 1 is 1.08 bits per heavy atom. The molecule has 6 heteroatoms. The van der Waals surface area contributed by atoms with E-state index in [0.29, 0.717) is 11.1 Å². The number of amides is 1. The normalized spacial score (nSPS) is 11.6. The first kappa shape index (κ1) is 17.8. The van der Waals surface area contributed by atoms with Gasteiger partial charge in [-0.2, -0.15) is 13.2 Å². The van der Waals surface area contributed by atoms with Gasteiger partial charge in [-0.1, -0.05) is 26.0 Å². The molecule has 0 heterocycles. The predicted molar refractivity (Wildman–Crippen MR) is 86.9 cm³/mol. The lowest BCUT2D eigenvalue weighted by Crippen LogP contribution is -2.11. The molecule has 2 N–H and O–H groups in total. The van der Waals surface area contributed by atoms with Crippen molar-refractivity contribution in [3.05, 3.63) is 47.5 Å². The van der Waals surface area contributed by atoms with Crippen LogP contribution in [0.4, 0.5) is 18.9 Å². The van der Waals surface area contributed by atoms with Crippen molar-refractivity contribution in [2.75, 3.05) is 5.32 Å². The van der Waals surface area contributed by atoms with E-state index >= 15 is 0 Å². The smallest absolute Gasteiger partial charge is 0.417 e. The minimum atomic E-state index is -4.59. The maximum Gasteiger partial charge on any atom is 0.417 e. The Hall–Kier alpha value is -2.50. The number of carbonyl (C=O) groups is 1. The first-order valence-corrected chi connectivity index (χ1v) is 7.41. The van der Waals surface area contributed by atoms with Gasteiger partial charge in [-0.15, -0.1) is 0 Å². The van der Waals surface area contributed by atoms with E-state index in [1.165, 1.54) is 31.2 Å². The van der Waals surface area contributed by atoms with Gasteiger partial charge in [0.1, 0.15) is 5.75 Å². The van der Waals surface area contributed by atoms with Gasteiger partial charge in [0.15, 0.2) is 0 Å². The monoisotopic (exact) mass is 337 g/mol. The van der Waals surface area contributed by atoms with Crippen molar-refractivity contribution < 1.29 is 23.1 Å². The maximum atomic E-state index is 13.5. The Labute approximate surface area is 138 Å². The maximum absolute atomic E-state index is 13.5. The number of hydrogen-bond acceptors (Lipinski definition) is 2. The topological polar surface area (TPSA) is 49.3 Å². The predicted octanol–water partition coefficient (Wildman–Crippen LogP) is 5.16. The molecule has 2 aromatic rings. The number of benzene rings is 2. The van der Waals surface area contributed by atoms with Crippen LogP contribution in [0.1, 0.15) is 37.8 Å². The Balaban J connectivity index is 2.70. The van der Waals surface area contributed by atoms with E-state index < -0.39 is 17.6 Å². The molecule has 0 bridgehead atoms. The van der Waals surface area contributed by atoms with Gasteiger partial charge in [0.25, 0.3) is 0 Å². The highest BCUT2D eigenvalue weighted by Gasteiger charge is 2.34. The fraction of sp³-hybridized carbons (Fsp3) is 0.278. The molecular weight excluding hydrogens is 319 g/mol. The van der Waals surface area contributed by atoms with Crippen LogP contribution in [0.5, 0.6) is 5.75 Å². The Morgan fingerprint density at radius 3 is 2.29 bits per heavy atom. The standard InChI is InChI=1S/C18H18F3NO2/c1-10(2)14-7-5-13(24)9-16(14)15-6-4-12(22-11(3)23)8-17(15)18(19,20)21/h4-10,24H,1-3H3,(H,22,23). The SMILES string of the molecule is CC(=O)Nc1ccc(-c2cc(O)ccc2C(C)C)c(C(F)(F)F)c1. The number of phenolic OH excluding ortho intramolecular Hbond substituents is 1. The summed E-state index contributed by atoms with van der Waals surface area (Å²) in [5.74, 6) is -0.568. The molecule has 0 fully saturated rings. The average Bonchev–Trinajstić information content (AvgIpc) is 2.45. The largest absolute Gasteiger partial charge is 0.508 e. The summed E-state index contributed by atoms with van der Waals surface area (Å²) < 4.78 is 40.5. The van der Waals surface area contributed by atoms with Crippen LogP contribution in [0, 0.1) is 0 Å². The third-order valence-electron chi connectivity index (χ3n) is 3.59. The van der Waals surface area contributed by atoms with Gasteiger partial charge in [0.2, 0.25) is 5.91 Å². The molecule has 0 saturated carbocycles. The van der Waals surface area contributed by atoms with Crippen LogP contribution in [0.15, 0.2) is 36.4 Å². The van der Waals surface area contributed by atoms with Crippen molar-refractivity contribution in [1.29, 1.82) is 0 Å². The van der Waals surface area contributed by atoms with E-state index in [4.69, 9.17) is 0 Å². The second-order valence-electron chi connectivity index (χ2n) is 5.87. The van der Waals surface area contributed by atoms with Crippen LogP contribution >= 0.6 is 0 Å². The third kappa shape index (κ3) is 3.88. The summed E-state index contributed by atoms with van der Waals surface area (Å²) in [6.45, 7) is 4.97. The molecule has 0 radical (unpaired) electrons. The van der Waals surface area contributed by atoms with Gasteiger partial charge >= 0.3 is 6.18 Å². The molecule has 1 amide bonds. The first-order chi connectivity index (χ1) is 11.1. The molecule has 0 aliphatic heterocycles. The quantitative estimate of drug-likeness (QED) is 0.813. The third-order valence-corrected chi connectivity index (χ3v) is 3.59. The summed E-state index contributed by atoms with van der Waals surface area (Å²) >= 11 is 0. The zero-order chi connectivity index (χ0) is 18.1. The van der Waals surface area contributed by atoms with Crippen molar-refractivity contribution in [1.82, 2.24) is 0 Å². The highest BCUT2D eigenvalue weighted by molar-refractivity contribution is 5.89. The first-order valence-electron chi connectivity index (χ1n) is 7.41. The lowest BCUT2D eigenvalue weighted by molar-refractivity contribution is -0.137. The van der Waals surface area contributed by atoms with Crippen LogP contribution in [0.25, 0.3) is 11.1 Å². The number of halogens is 3. The zero-order valence-electron chi connectivity index (χ0n) is 13.5. The van der Waals surface area contributed by atoms with Crippen LogP contribution in [-0.4, -0.2) is 11.0 Å². The van der Waals surface area contributed by atoms with Crippen LogP contribution in [-0.2, 0) is 11.0 Å². The number of aromatic hydroxyl groups is 1. The summed E-state index contributed by atoms with van der Waals surface area (Å²) in [6.07, 6.45) is -4.59. The number of phenols is 1. The van der Waals surface area contributed by atoms with E-state index in [1.54, 1.807) is 6.07 Å². The minimum Gasteiger partial charge on any atom is -0.508 e. The van der Waals surface area contributed by atoms with Gasteiger partial charge in [-0.05, 0) is 46.9 Å². The fourth-order valence-electron chi connectivity index (χ4n) is 2.58. The van der Waals surface area contributed by atoms with Gasteiger partial charge in [-0.3, -0.25) is 4.79 Å². The fourth-order valence-corrected chi connectivity index (χ4v) is 2.58. The molecule has 0 spiro atoms. The number of carbonyl (C=O) groups excluding carboxylic acids is 1. The van der Waals surface area contributed by atoms with E-state index in [-0.39, 0.29) is 22.9 Å². The summed E-state index contributed by atoms with van der Waals surface area (Å²) in [7, 11) is 0. The molecule has 0 saturated heterocycles. The van der Waals surface area contributed by atoms with Gasteiger partial charge < -0.3 is 10.4 Å². The number of rotatable bonds is 3.